The van der Waals surface area contributed by atoms with Crippen molar-refractivity contribution in [1.82, 2.24) is 15.1 Å². The maximum atomic E-state index is 13.0. The lowest BCUT2D eigenvalue weighted by Crippen LogP contribution is -2.30. The summed E-state index contributed by atoms with van der Waals surface area (Å²) in [6, 6.07) is 8.05. The van der Waals surface area contributed by atoms with E-state index in [-0.39, 0.29) is 17.9 Å². The fraction of sp³-hybridized carbons (Fsp3) is 0.500. The van der Waals surface area contributed by atoms with Crippen molar-refractivity contribution in [2.24, 2.45) is 5.92 Å². The number of rotatable bonds is 11. The molecule has 168 valence electrons. The number of anilines is 2. The van der Waals surface area contributed by atoms with Gasteiger partial charge in [0.15, 0.2) is 0 Å². The van der Waals surface area contributed by atoms with Crippen molar-refractivity contribution in [3.05, 3.63) is 48.9 Å². The first kappa shape index (κ1) is 24.3. The number of hydrogen-bond donors (Lipinski definition) is 1. The van der Waals surface area contributed by atoms with Crippen LogP contribution in [0, 0.1) is 17.2 Å². The van der Waals surface area contributed by atoms with Gasteiger partial charge in [0.05, 0.1) is 6.07 Å². The molecule has 1 unspecified atom stereocenters. The maximum absolute atomic E-state index is 13.0. The predicted molar refractivity (Wildman–Crippen MR) is 127 cm³/mol. The smallest absolute Gasteiger partial charge is 0.230 e. The number of carbonyl (C=O) groups is 1. The molecule has 1 amide bonds. The van der Waals surface area contributed by atoms with E-state index in [0.717, 1.165) is 42.9 Å². The van der Waals surface area contributed by atoms with Crippen LogP contribution in [0.1, 0.15) is 25.3 Å². The Kier molecular flexibility index (Phi) is 8.95. The Morgan fingerprint density at radius 2 is 2.13 bits per heavy atom. The van der Waals surface area contributed by atoms with Gasteiger partial charge in [-0.25, -0.2) is 0 Å². The summed E-state index contributed by atoms with van der Waals surface area (Å²) >= 11 is 0. The topological polar surface area (TPSA) is 65.8 Å². The van der Waals surface area contributed by atoms with Crippen LogP contribution in [0.15, 0.2) is 43.4 Å². The zero-order valence-corrected chi connectivity index (χ0v) is 19.5. The van der Waals surface area contributed by atoms with Crippen LogP contribution in [-0.2, 0) is 11.3 Å². The summed E-state index contributed by atoms with van der Waals surface area (Å²) in [5.41, 5.74) is 2.89. The van der Waals surface area contributed by atoms with Gasteiger partial charge in [-0.3, -0.25) is 4.79 Å². The Morgan fingerprint density at radius 3 is 2.74 bits per heavy atom. The minimum Gasteiger partial charge on any atom is -0.393 e. The number of hydrogen-bond acceptors (Lipinski definition) is 6. The van der Waals surface area contributed by atoms with E-state index in [1.807, 2.05) is 74.3 Å². The Balaban J connectivity index is 2.38. The molecule has 1 aliphatic heterocycles. The van der Waals surface area contributed by atoms with E-state index < -0.39 is 0 Å². The SMILES string of the molecule is C=CN(C)Cc1cc(N2CC[C@@H](CCN(C)C)C2=O)ccc1N(/C=C\NC)C(C)C#N. The third-order valence-corrected chi connectivity index (χ3v) is 5.63. The fourth-order valence-electron chi connectivity index (χ4n) is 3.76. The van der Waals surface area contributed by atoms with Crippen molar-refractivity contribution >= 4 is 17.3 Å². The van der Waals surface area contributed by atoms with Gasteiger partial charge >= 0.3 is 0 Å². The van der Waals surface area contributed by atoms with Crippen LogP contribution < -0.4 is 15.1 Å². The molecule has 2 atom stereocenters. The Hall–Kier alpha value is -2.98. The molecular formula is C24H36N6O. The van der Waals surface area contributed by atoms with E-state index in [4.69, 9.17) is 0 Å². The van der Waals surface area contributed by atoms with E-state index in [1.165, 1.54) is 0 Å². The second kappa shape index (κ2) is 11.4. The van der Waals surface area contributed by atoms with Gasteiger partial charge < -0.3 is 24.9 Å². The quantitative estimate of drug-likeness (QED) is 0.589. The van der Waals surface area contributed by atoms with Crippen molar-refractivity contribution in [3.63, 3.8) is 0 Å². The molecule has 1 heterocycles. The molecule has 1 saturated heterocycles. The van der Waals surface area contributed by atoms with Crippen LogP contribution in [-0.4, -0.2) is 63.0 Å². The molecule has 1 aliphatic rings. The van der Waals surface area contributed by atoms with Crippen LogP contribution in [0.5, 0.6) is 0 Å². The van der Waals surface area contributed by atoms with Crippen LogP contribution in [0.4, 0.5) is 11.4 Å². The standard InChI is InChI=1S/C24H36N6O/c1-7-28(6)18-21-16-22(30-14-11-20(24(30)31)10-13-27(4)5)8-9-23(21)29(15-12-26-3)19(2)17-25/h7-9,12,15-16,19-20,26H,1,10-11,13-14,18H2,2-6H3/b15-12-/t19?,20-/m1/s1. The number of carbonyl (C=O) groups excluding carboxylic acids is 1. The molecule has 0 saturated carbocycles. The molecule has 1 aromatic rings. The van der Waals surface area contributed by atoms with Gasteiger partial charge in [-0.05, 0) is 70.4 Å². The Morgan fingerprint density at radius 1 is 1.39 bits per heavy atom. The monoisotopic (exact) mass is 424 g/mol. The second-order valence-corrected chi connectivity index (χ2v) is 8.29. The number of nitrogens with zero attached hydrogens (tertiary/aromatic N) is 5. The van der Waals surface area contributed by atoms with Crippen molar-refractivity contribution < 1.29 is 4.79 Å². The van der Waals surface area contributed by atoms with Gasteiger partial charge in [0, 0.05) is 56.9 Å². The first-order valence-corrected chi connectivity index (χ1v) is 10.8. The Bertz CT molecular complexity index is 828. The molecule has 7 nitrogen and oxygen atoms in total. The normalized spacial score (nSPS) is 17.1. The largest absolute Gasteiger partial charge is 0.393 e. The summed E-state index contributed by atoms with van der Waals surface area (Å²) in [5, 5.41) is 12.5. The molecule has 2 rings (SSSR count). The van der Waals surface area contributed by atoms with Crippen LogP contribution in [0.2, 0.25) is 0 Å². The third kappa shape index (κ3) is 6.25. The predicted octanol–water partition coefficient (Wildman–Crippen LogP) is 2.98. The van der Waals surface area contributed by atoms with Gasteiger partial charge in [-0.1, -0.05) is 6.58 Å². The van der Waals surface area contributed by atoms with Crippen LogP contribution in [0.25, 0.3) is 0 Å². The Labute approximate surface area is 187 Å². The zero-order chi connectivity index (χ0) is 23.0. The fourth-order valence-corrected chi connectivity index (χ4v) is 3.76. The van der Waals surface area contributed by atoms with Crippen molar-refractivity contribution in [2.75, 3.05) is 51.1 Å². The van der Waals surface area contributed by atoms with Gasteiger partial charge in [-0.15, -0.1) is 0 Å². The first-order valence-electron chi connectivity index (χ1n) is 10.8. The molecule has 7 heteroatoms. The summed E-state index contributed by atoms with van der Waals surface area (Å²) in [4.78, 5) is 21.0. The molecule has 1 aromatic carbocycles. The van der Waals surface area contributed by atoms with Crippen molar-refractivity contribution in [3.8, 4) is 6.07 Å². The summed E-state index contributed by atoms with van der Waals surface area (Å²) in [5.74, 6) is 0.282. The molecular weight excluding hydrogens is 388 g/mol. The zero-order valence-electron chi connectivity index (χ0n) is 19.5. The third-order valence-electron chi connectivity index (χ3n) is 5.63. The van der Waals surface area contributed by atoms with Gasteiger partial charge in [0.25, 0.3) is 0 Å². The first-order chi connectivity index (χ1) is 14.8. The highest BCUT2D eigenvalue weighted by Gasteiger charge is 2.32. The lowest BCUT2D eigenvalue weighted by atomic mass is 10.0. The molecule has 0 radical (unpaired) electrons. The molecule has 1 fully saturated rings. The van der Waals surface area contributed by atoms with E-state index in [1.54, 1.807) is 6.20 Å². The second-order valence-electron chi connectivity index (χ2n) is 8.29. The minimum absolute atomic E-state index is 0.0787. The number of amides is 1. The summed E-state index contributed by atoms with van der Waals surface area (Å²) in [7, 11) is 7.86. The summed E-state index contributed by atoms with van der Waals surface area (Å²) < 4.78 is 0. The lowest BCUT2D eigenvalue weighted by molar-refractivity contribution is -0.120. The lowest BCUT2D eigenvalue weighted by Gasteiger charge is -2.28. The minimum atomic E-state index is -0.341. The maximum Gasteiger partial charge on any atom is 0.230 e. The van der Waals surface area contributed by atoms with Gasteiger partial charge in [0.2, 0.25) is 5.91 Å². The van der Waals surface area contributed by atoms with E-state index in [2.05, 4.69) is 28.9 Å². The highest BCUT2D eigenvalue weighted by Crippen LogP contribution is 2.33. The molecule has 0 aromatic heterocycles. The average Bonchev–Trinajstić information content (AvgIpc) is 3.13. The van der Waals surface area contributed by atoms with E-state index >= 15 is 0 Å². The molecule has 31 heavy (non-hydrogen) atoms. The molecule has 1 N–H and O–H groups in total. The summed E-state index contributed by atoms with van der Waals surface area (Å²) in [6.45, 7) is 8.01. The number of nitrogens with one attached hydrogen (secondary N) is 1. The highest BCUT2D eigenvalue weighted by atomic mass is 16.2. The van der Waals surface area contributed by atoms with Gasteiger partial charge in [0.1, 0.15) is 6.04 Å². The summed E-state index contributed by atoms with van der Waals surface area (Å²) in [6.07, 6.45) is 7.23. The highest BCUT2D eigenvalue weighted by molar-refractivity contribution is 5.97. The number of nitriles is 1. The molecule has 0 bridgehead atoms. The van der Waals surface area contributed by atoms with Crippen LogP contribution in [0.3, 0.4) is 0 Å². The van der Waals surface area contributed by atoms with Crippen LogP contribution >= 0.6 is 0 Å². The average molecular weight is 425 g/mol. The van der Waals surface area contributed by atoms with Gasteiger partial charge in [-0.2, -0.15) is 5.26 Å². The van der Waals surface area contributed by atoms with Crippen molar-refractivity contribution in [2.45, 2.75) is 32.4 Å². The molecule has 0 aliphatic carbocycles. The van der Waals surface area contributed by atoms with E-state index in [0.29, 0.717) is 6.54 Å². The molecule has 0 spiro atoms. The number of benzene rings is 1. The van der Waals surface area contributed by atoms with E-state index in [9.17, 15) is 10.1 Å². The van der Waals surface area contributed by atoms with Crippen molar-refractivity contribution in [1.29, 1.82) is 5.26 Å².